The average Bonchev–Trinajstić information content (AvgIpc) is 2.98. The lowest BCUT2D eigenvalue weighted by Gasteiger charge is -2.18. The maximum absolute atomic E-state index is 12.0. The molecule has 0 fully saturated rings. The molecule has 0 aliphatic heterocycles. The minimum atomic E-state index is -0.862. The lowest BCUT2D eigenvalue weighted by molar-refractivity contribution is -0.137. The standard InChI is InChI=1S/C16H19N3O3/c20-15(12-19-10-4-9-17-19)18-14(7-8-16(21)22)11-13-5-2-1-3-6-13/h1-6,9-10,14H,7-8,11-12H2,(H,18,20)(H,21,22). The zero-order valence-corrected chi connectivity index (χ0v) is 12.2. The van der Waals surface area contributed by atoms with Crippen molar-refractivity contribution >= 4 is 11.9 Å². The highest BCUT2D eigenvalue weighted by Crippen LogP contribution is 2.08. The van der Waals surface area contributed by atoms with E-state index in [0.29, 0.717) is 12.8 Å². The summed E-state index contributed by atoms with van der Waals surface area (Å²) in [6.07, 6.45) is 4.36. The molecule has 1 amide bonds. The van der Waals surface area contributed by atoms with Crippen molar-refractivity contribution in [3.05, 3.63) is 54.4 Å². The Morgan fingerprint density at radius 2 is 2.00 bits per heavy atom. The van der Waals surface area contributed by atoms with Gasteiger partial charge in [0.2, 0.25) is 5.91 Å². The van der Waals surface area contributed by atoms with E-state index in [0.717, 1.165) is 5.56 Å². The van der Waals surface area contributed by atoms with Crippen molar-refractivity contribution in [1.29, 1.82) is 0 Å². The Kier molecular flexibility index (Phi) is 5.71. The molecule has 0 bridgehead atoms. The van der Waals surface area contributed by atoms with Crippen molar-refractivity contribution in [1.82, 2.24) is 15.1 Å². The van der Waals surface area contributed by atoms with Crippen LogP contribution in [0.4, 0.5) is 0 Å². The topological polar surface area (TPSA) is 84.2 Å². The second-order valence-corrected chi connectivity index (χ2v) is 5.09. The number of hydrogen-bond acceptors (Lipinski definition) is 3. The fourth-order valence-corrected chi connectivity index (χ4v) is 2.24. The largest absolute Gasteiger partial charge is 0.481 e. The number of carboxylic acids is 1. The Morgan fingerprint density at radius 3 is 2.64 bits per heavy atom. The fraction of sp³-hybridized carbons (Fsp3) is 0.312. The molecule has 116 valence electrons. The van der Waals surface area contributed by atoms with Crippen molar-refractivity contribution in [2.24, 2.45) is 0 Å². The third-order valence-corrected chi connectivity index (χ3v) is 3.26. The van der Waals surface area contributed by atoms with Crippen LogP contribution in [0.3, 0.4) is 0 Å². The number of aliphatic carboxylic acids is 1. The van der Waals surface area contributed by atoms with E-state index in [1.165, 1.54) is 4.68 Å². The maximum Gasteiger partial charge on any atom is 0.303 e. The van der Waals surface area contributed by atoms with Crippen molar-refractivity contribution in [3.8, 4) is 0 Å². The summed E-state index contributed by atoms with van der Waals surface area (Å²) in [6.45, 7) is 0.130. The molecule has 1 heterocycles. The van der Waals surface area contributed by atoms with E-state index in [1.807, 2.05) is 30.3 Å². The third kappa shape index (κ3) is 5.40. The van der Waals surface area contributed by atoms with Crippen molar-refractivity contribution in [2.45, 2.75) is 31.8 Å². The molecule has 0 aliphatic rings. The van der Waals surface area contributed by atoms with Gasteiger partial charge in [-0.1, -0.05) is 30.3 Å². The van der Waals surface area contributed by atoms with Crippen molar-refractivity contribution < 1.29 is 14.7 Å². The van der Waals surface area contributed by atoms with E-state index in [2.05, 4.69) is 10.4 Å². The van der Waals surface area contributed by atoms with Gasteiger partial charge in [-0.25, -0.2) is 0 Å². The van der Waals surface area contributed by atoms with Gasteiger partial charge in [-0.05, 0) is 24.5 Å². The van der Waals surface area contributed by atoms with E-state index < -0.39 is 5.97 Å². The van der Waals surface area contributed by atoms with Gasteiger partial charge in [0.15, 0.2) is 0 Å². The van der Waals surface area contributed by atoms with Crippen LogP contribution in [0.1, 0.15) is 18.4 Å². The predicted molar refractivity (Wildman–Crippen MR) is 81.2 cm³/mol. The van der Waals surface area contributed by atoms with Crippen LogP contribution < -0.4 is 5.32 Å². The van der Waals surface area contributed by atoms with Crippen LogP contribution in [-0.2, 0) is 22.6 Å². The molecule has 0 spiro atoms. The summed E-state index contributed by atoms with van der Waals surface area (Å²) >= 11 is 0. The molecule has 1 aromatic heterocycles. The van der Waals surface area contributed by atoms with Gasteiger partial charge >= 0.3 is 5.97 Å². The molecular weight excluding hydrogens is 282 g/mol. The van der Waals surface area contributed by atoms with Gasteiger partial charge < -0.3 is 10.4 Å². The number of carbonyl (C=O) groups is 2. The van der Waals surface area contributed by atoms with Gasteiger partial charge in [0.05, 0.1) is 0 Å². The SMILES string of the molecule is O=C(O)CCC(Cc1ccccc1)NC(=O)Cn1cccn1. The van der Waals surface area contributed by atoms with Gasteiger partial charge in [0.1, 0.15) is 6.54 Å². The second-order valence-electron chi connectivity index (χ2n) is 5.09. The molecule has 6 heteroatoms. The molecule has 0 radical (unpaired) electrons. The number of rotatable bonds is 8. The minimum absolute atomic E-state index is 0.0273. The number of aromatic nitrogens is 2. The minimum Gasteiger partial charge on any atom is -0.481 e. The zero-order chi connectivity index (χ0) is 15.8. The van der Waals surface area contributed by atoms with Gasteiger partial charge in [-0.15, -0.1) is 0 Å². The van der Waals surface area contributed by atoms with E-state index in [1.54, 1.807) is 18.5 Å². The Morgan fingerprint density at radius 1 is 1.23 bits per heavy atom. The first-order valence-electron chi connectivity index (χ1n) is 7.16. The summed E-state index contributed by atoms with van der Waals surface area (Å²) in [5, 5.41) is 15.7. The lowest BCUT2D eigenvalue weighted by atomic mass is 10.0. The maximum atomic E-state index is 12.0. The van der Waals surface area contributed by atoms with Gasteiger partial charge in [0.25, 0.3) is 0 Å². The number of hydrogen-bond donors (Lipinski definition) is 2. The summed E-state index contributed by atoms with van der Waals surface area (Å²) in [7, 11) is 0. The van der Waals surface area contributed by atoms with Gasteiger partial charge in [-0.3, -0.25) is 14.3 Å². The molecule has 2 N–H and O–H groups in total. The first-order valence-corrected chi connectivity index (χ1v) is 7.16. The molecule has 2 rings (SSSR count). The monoisotopic (exact) mass is 301 g/mol. The molecule has 6 nitrogen and oxygen atoms in total. The molecule has 0 saturated carbocycles. The molecular formula is C16H19N3O3. The van der Waals surface area contributed by atoms with Crippen LogP contribution in [-0.4, -0.2) is 32.8 Å². The quantitative estimate of drug-likeness (QED) is 0.773. The average molecular weight is 301 g/mol. The fourth-order valence-electron chi connectivity index (χ4n) is 2.24. The Bertz CT molecular complexity index is 596. The van der Waals surface area contributed by atoms with E-state index >= 15 is 0 Å². The van der Waals surface area contributed by atoms with Crippen molar-refractivity contribution in [2.75, 3.05) is 0 Å². The molecule has 1 aromatic carbocycles. The number of nitrogens with zero attached hydrogens (tertiary/aromatic N) is 2. The highest BCUT2D eigenvalue weighted by atomic mass is 16.4. The summed E-state index contributed by atoms with van der Waals surface area (Å²) in [4.78, 5) is 22.8. The van der Waals surface area contributed by atoms with Crippen molar-refractivity contribution in [3.63, 3.8) is 0 Å². The van der Waals surface area contributed by atoms with Crippen LogP contribution in [0.15, 0.2) is 48.8 Å². The molecule has 0 saturated heterocycles. The highest BCUT2D eigenvalue weighted by molar-refractivity contribution is 5.76. The smallest absolute Gasteiger partial charge is 0.303 e. The number of carboxylic acid groups (broad SMARTS) is 1. The molecule has 1 unspecified atom stereocenters. The van der Waals surface area contributed by atoms with E-state index in [-0.39, 0.29) is 24.9 Å². The van der Waals surface area contributed by atoms with Crippen LogP contribution in [0.2, 0.25) is 0 Å². The Hall–Kier alpha value is -2.63. The number of carbonyl (C=O) groups excluding carboxylic acids is 1. The summed E-state index contributed by atoms with van der Waals surface area (Å²) < 4.78 is 1.53. The zero-order valence-electron chi connectivity index (χ0n) is 12.2. The van der Waals surface area contributed by atoms with E-state index in [9.17, 15) is 9.59 Å². The predicted octanol–water partition coefficient (Wildman–Crippen LogP) is 1.48. The second kappa shape index (κ2) is 7.97. The van der Waals surface area contributed by atoms with Gasteiger partial charge in [-0.2, -0.15) is 5.10 Å². The van der Waals surface area contributed by atoms with Gasteiger partial charge in [0, 0.05) is 24.9 Å². The Labute approximate surface area is 128 Å². The summed E-state index contributed by atoms with van der Waals surface area (Å²) in [5.41, 5.74) is 1.07. The number of nitrogens with one attached hydrogen (secondary N) is 1. The molecule has 2 aromatic rings. The van der Waals surface area contributed by atoms with Crippen LogP contribution in [0.25, 0.3) is 0 Å². The van der Waals surface area contributed by atoms with Crippen LogP contribution in [0, 0.1) is 0 Å². The highest BCUT2D eigenvalue weighted by Gasteiger charge is 2.15. The molecule has 0 aliphatic carbocycles. The van der Waals surface area contributed by atoms with Crippen LogP contribution in [0.5, 0.6) is 0 Å². The Balaban J connectivity index is 1.94. The third-order valence-electron chi connectivity index (χ3n) is 3.26. The van der Waals surface area contributed by atoms with E-state index in [4.69, 9.17) is 5.11 Å². The number of amides is 1. The molecule has 22 heavy (non-hydrogen) atoms. The molecule has 1 atom stereocenters. The number of benzene rings is 1. The first-order chi connectivity index (χ1) is 10.6. The first kappa shape index (κ1) is 15.8. The summed E-state index contributed by atoms with van der Waals surface area (Å²) in [6, 6.07) is 11.2. The van der Waals surface area contributed by atoms with Crippen LogP contribution >= 0.6 is 0 Å². The normalized spacial score (nSPS) is 11.8. The summed E-state index contributed by atoms with van der Waals surface area (Å²) in [5.74, 6) is -1.03. The lowest BCUT2D eigenvalue weighted by Crippen LogP contribution is -2.38.